The number of nitrogens with zero attached hydrogens (tertiary/aromatic N) is 3. The molecule has 2 rings (SSSR count). The summed E-state index contributed by atoms with van der Waals surface area (Å²) >= 11 is 0. The van der Waals surface area contributed by atoms with Crippen molar-refractivity contribution >= 4 is 5.95 Å². The van der Waals surface area contributed by atoms with Gasteiger partial charge in [0.15, 0.2) is 0 Å². The standard InChI is InChI=1S/C11H20N4/c1-10(2)9-15-8-5-13-11(15)14-6-3-12-4-7-14/h5,8,10,12H,3-4,6-7,9H2,1-2H3. The van der Waals surface area contributed by atoms with E-state index in [1.165, 1.54) is 0 Å². The average Bonchev–Trinajstić information content (AvgIpc) is 2.66. The van der Waals surface area contributed by atoms with Crippen LogP contribution in [0.1, 0.15) is 13.8 Å². The van der Waals surface area contributed by atoms with Gasteiger partial charge in [0.05, 0.1) is 0 Å². The second kappa shape index (κ2) is 4.66. The van der Waals surface area contributed by atoms with Crippen LogP contribution < -0.4 is 10.2 Å². The minimum atomic E-state index is 0.667. The number of imidazole rings is 1. The molecular weight excluding hydrogens is 188 g/mol. The molecule has 1 N–H and O–H groups in total. The molecule has 0 amide bonds. The molecule has 0 aromatic carbocycles. The molecule has 1 aliphatic rings. The van der Waals surface area contributed by atoms with Gasteiger partial charge in [0.2, 0.25) is 5.95 Å². The monoisotopic (exact) mass is 208 g/mol. The van der Waals surface area contributed by atoms with Gasteiger partial charge in [-0.05, 0) is 5.92 Å². The van der Waals surface area contributed by atoms with Gasteiger partial charge < -0.3 is 14.8 Å². The largest absolute Gasteiger partial charge is 0.340 e. The van der Waals surface area contributed by atoms with E-state index in [0.717, 1.165) is 38.7 Å². The summed E-state index contributed by atoms with van der Waals surface area (Å²) in [6.07, 6.45) is 3.98. The van der Waals surface area contributed by atoms with Gasteiger partial charge in [0, 0.05) is 45.1 Å². The van der Waals surface area contributed by atoms with E-state index < -0.39 is 0 Å². The minimum absolute atomic E-state index is 0.667. The number of anilines is 1. The average molecular weight is 208 g/mol. The Morgan fingerprint density at radius 1 is 1.40 bits per heavy atom. The van der Waals surface area contributed by atoms with Crippen molar-refractivity contribution in [3.05, 3.63) is 12.4 Å². The van der Waals surface area contributed by atoms with Crippen LogP contribution in [0.25, 0.3) is 0 Å². The second-order valence-electron chi connectivity index (χ2n) is 4.51. The number of hydrogen-bond donors (Lipinski definition) is 1. The molecule has 0 saturated carbocycles. The zero-order chi connectivity index (χ0) is 10.7. The van der Waals surface area contributed by atoms with Crippen molar-refractivity contribution in [3.63, 3.8) is 0 Å². The van der Waals surface area contributed by atoms with E-state index >= 15 is 0 Å². The lowest BCUT2D eigenvalue weighted by molar-refractivity contribution is 0.506. The van der Waals surface area contributed by atoms with Gasteiger partial charge in [0.25, 0.3) is 0 Å². The number of nitrogens with one attached hydrogen (secondary N) is 1. The van der Waals surface area contributed by atoms with Gasteiger partial charge in [0.1, 0.15) is 0 Å². The van der Waals surface area contributed by atoms with E-state index in [4.69, 9.17) is 0 Å². The predicted molar refractivity (Wildman–Crippen MR) is 62.1 cm³/mol. The Kier molecular flexibility index (Phi) is 3.26. The molecule has 2 heterocycles. The highest BCUT2D eigenvalue weighted by Gasteiger charge is 2.15. The fourth-order valence-corrected chi connectivity index (χ4v) is 1.99. The molecule has 1 aromatic rings. The van der Waals surface area contributed by atoms with Crippen LogP contribution in [0.3, 0.4) is 0 Å². The van der Waals surface area contributed by atoms with Crippen LogP contribution in [0, 0.1) is 5.92 Å². The topological polar surface area (TPSA) is 33.1 Å². The smallest absolute Gasteiger partial charge is 0.205 e. The Labute approximate surface area is 91.3 Å². The molecule has 15 heavy (non-hydrogen) atoms. The summed E-state index contributed by atoms with van der Waals surface area (Å²) in [4.78, 5) is 6.81. The Morgan fingerprint density at radius 2 is 2.13 bits per heavy atom. The first-order chi connectivity index (χ1) is 7.27. The van der Waals surface area contributed by atoms with Gasteiger partial charge in [-0.15, -0.1) is 0 Å². The zero-order valence-electron chi connectivity index (χ0n) is 9.61. The van der Waals surface area contributed by atoms with Crippen LogP contribution >= 0.6 is 0 Å². The van der Waals surface area contributed by atoms with Crippen molar-refractivity contribution in [2.24, 2.45) is 5.92 Å². The molecule has 0 unspecified atom stereocenters. The second-order valence-corrected chi connectivity index (χ2v) is 4.51. The predicted octanol–water partition coefficient (Wildman–Crippen LogP) is 0.949. The van der Waals surface area contributed by atoms with Crippen molar-refractivity contribution in [3.8, 4) is 0 Å². The number of hydrogen-bond acceptors (Lipinski definition) is 3. The molecule has 1 aliphatic heterocycles. The molecule has 0 bridgehead atoms. The van der Waals surface area contributed by atoms with Gasteiger partial charge in [-0.25, -0.2) is 4.98 Å². The Morgan fingerprint density at radius 3 is 2.80 bits per heavy atom. The molecule has 0 aliphatic carbocycles. The quantitative estimate of drug-likeness (QED) is 0.803. The maximum atomic E-state index is 4.45. The van der Waals surface area contributed by atoms with Crippen LogP contribution in [-0.2, 0) is 6.54 Å². The zero-order valence-corrected chi connectivity index (χ0v) is 9.61. The number of rotatable bonds is 3. The van der Waals surface area contributed by atoms with Crippen LogP contribution in [0.2, 0.25) is 0 Å². The van der Waals surface area contributed by atoms with Crippen molar-refractivity contribution < 1.29 is 0 Å². The van der Waals surface area contributed by atoms with E-state index in [-0.39, 0.29) is 0 Å². The highest BCUT2D eigenvalue weighted by Crippen LogP contribution is 2.14. The maximum Gasteiger partial charge on any atom is 0.205 e. The fourth-order valence-electron chi connectivity index (χ4n) is 1.99. The van der Waals surface area contributed by atoms with E-state index in [1.807, 2.05) is 6.20 Å². The van der Waals surface area contributed by atoms with Crippen LogP contribution in [0.15, 0.2) is 12.4 Å². The van der Waals surface area contributed by atoms with E-state index in [1.54, 1.807) is 0 Å². The number of piperazine rings is 1. The molecule has 4 nitrogen and oxygen atoms in total. The summed E-state index contributed by atoms with van der Waals surface area (Å²) < 4.78 is 2.26. The Balaban J connectivity index is 2.09. The maximum absolute atomic E-state index is 4.45. The van der Waals surface area contributed by atoms with Crippen LogP contribution in [0.4, 0.5) is 5.95 Å². The first kappa shape index (κ1) is 10.5. The minimum Gasteiger partial charge on any atom is -0.340 e. The third-order valence-corrected chi connectivity index (χ3v) is 2.66. The van der Waals surface area contributed by atoms with Gasteiger partial charge >= 0.3 is 0 Å². The van der Waals surface area contributed by atoms with Crippen molar-refractivity contribution in [2.75, 3.05) is 31.1 Å². The lowest BCUT2D eigenvalue weighted by Crippen LogP contribution is -2.44. The fraction of sp³-hybridized carbons (Fsp3) is 0.727. The van der Waals surface area contributed by atoms with E-state index in [2.05, 4.69) is 39.8 Å². The summed E-state index contributed by atoms with van der Waals surface area (Å²) in [7, 11) is 0. The van der Waals surface area contributed by atoms with Gasteiger partial charge in [-0.3, -0.25) is 0 Å². The van der Waals surface area contributed by atoms with Crippen molar-refractivity contribution in [2.45, 2.75) is 20.4 Å². The molecule has 0 atom stereocenters. The summed E-state index contributed by atoms with van der Waals surface area (Å²) in [6, 6.07) is 0. The molecule has 1 aromatic heterocycles. The molecular formula is C11H20N4. The molecule has 84 valence electrons. The van der Waals surface area contributed by atoms with E-state index in [9.17, 15) is 0 Å². The normalized spacial score (nSPS) is 17.4. The summed E-state index contributed by atoms with van der Waals surface area (Å²) in [6.45, 7) is 9.79. The SMILES string of the molecule is CC(C)Cn1ccnc1N1CCNCC1. The Hall–Kier alpha value is -1.03. The Bertz CT molecular complexity index is 299. The molecule has 1 fully saturated rings. The third-order valence-electron chi connectivity index (χ3n) is 2.66. The van der Waals surface area contributed by atoms with Crippen LogP contribution in [0.5, 0.6) is 0 Å². The number of aromatic nitrogens is 2. The van der Waals surface area contributed by atoms with Gasteiger partial charge in [-0.1, -0.05) is 13.8 Å². The highest BCUT2D eigenvalue weighted by molar-refractivity contribution is 5.32. The van der Waals surface area contributed by atoms with Crippen molar-refractivity contribution in [1.29, 1.82) is 0 Å². The highest BCUT2D eigenvalue weighted by atomic mass is 15.3. The lowest BCUT2D eigenvalue weighted by atomic mass is 10.2. The molecule has 0 spiro atoms. The first-order valence-corrected chi connectivity index (χ1v) is 5.74. The molecule has 0 radical (unpaired) electrons. The molecule has 1 saturated heterocycles. The lowest BCUT2D eigenvalue weighted by Gasteiger charge is -2.29. The summed E-state index contributed by atoms with van der Waals surface area (Å²) in [5.41, 5.74) is 0. The van der Waals surface area contributed by atoms with Crippen LogP contribution in [-0.4, -0.2) is 35.7 Å². The van der Waals surface area contributed by atoms with E-state index in [0.29, 0.717) is 5.92 Å². The van der Waals surface area contributed by atoms with Crippen molar-refractivity contribution in [1.82, 2.24) is 14.9 Å². The third kappa shape index (κ3) is 2.50. The summed E-state index contributed by atoms with van der Waals surface area (Å²) in [5.74, 6) is 1.80. The summed E-state index contributed by atoms with van der Waals surface area (Å²) in [5, 5.41) is 3.36. The first-order valence-electron chi connectivity index (χ1n) is 5.74. The van der Waals surface area contributed by atoms with Gasteiger partial charge in [-0.2, -0.15) is 0 Å². The molecule has 4 heteroatoms.